The maximum atomic E-state index is 12.4. The van der Waals surface area contributed by atoms with E-state index >= 15 is 0 Å². The van der Waals surface area contributed by atoms with Gasteiger partial charge in [-0.2, -0.15) is 0 Å². The quantitative estimate of drug-likeness (QED) is 0.618. The van der Waals surface area contributed by atoms with E-state index in [1.54, 1.807) is 31.2 Å². The standard InChI is InChI=1S/C19H15Cl2NO4/c1-10-12-6-3-4-9-15(12)26-17(10)19(24)25-11(2)18(23)22-14-8-5-7-13(20)16(14)21/h3-9,11H,1-2H3,(H,22,23). The van der Waals surface area contributed by atoms with E-state index in [4.69, 9.17) is 32.4 Å². The Morgan fingerprint density at radius 1 is 1.12 bits per heavy atom. The number of ether oxygens (including phenoxy) is 1. The lowest BCUT2D eigenvalue weighted by Gasteiger charge is -2.14. The van der Waals surface area contributed by atoms with Gasteiger partial charge in [0.25, 0.3) is 5.91 Å². The first-order valence-corrected chi connectivity index (χ1v) is 8.58. The number of benzene rings is 2. The van der Waals surface area contributed by atoms with E-state index < -0.39 is 18.0 Å². The number of para-hydroxylation sites is 1. The van der Waals surface area contributed by atoms with E-state index in [2.05, 4.69) is 5.32 Å². The largest absolute Gasteiger partial charge is 0.449 e. The number of carbonyl (C=O) groups excluding carboxylic acids is 2. The summed E-state index contributed by atoms with van der Waals surface area (Å²) >= 11 is 12.0. The SMILES string of the molecule is Cc1c(C(=O)OC(C)C(=O)Nc2cccc(Cl)c2Cl)oc2ccccc12. The van der Waals surface area contributed by atoms with E-state index in [9.17, 15) is 9.59 Å². The number of halogens is 2. The minimum absolute atomic E-state index is 0.0756. The third kappa shape index (κ3) is 3.54. The summed E-state index contributed by atoms with van der Waals surface area (Å²) in [6.45, 7) is 3.22. The average Bonchev–Trinajstić information content (AvgIpc) is 2.96. The maximum absolute atomic E-state index is 12.4. The summed E-state index contributed by atoms with van der Waals surface area (Å²) < 4.78 is 10.8. The van der Waals surface area contributed by atoms with Crippen LogP contribution >= 0.6 is 23.2 Å². The molecular formula is C19H15Cl2NO4. The Kier molecular flexibility index (Phi) is 5.20. The topological polar surface area (TPSA) is 68.5 Å². The second kappa shape index (κ2) is 7.40. The van der Waals surface area contributed by atoms with E-state index in [-0.39, 0.29) is 10.8 Å². The number of fused-ring (bicyclic) bond motifs is 1. The number of aryl methyl sites for hydroxylation is 1. The van der Waals surface area contributed by atoms with Gasteiger partial charge in [0.1, 0.15) is 5.58 Å². The van der Waals surface area contributed by atoms with Gasteiger partial charge in [0.05, 0.1) is 15.7 Å². The van der Waals surface area contributed by atoms with Gasteiger partial charge >= 0.3 is 5.97 Å². The fraction of sp³-hybridized carbons (Fsp3) is 0.158. The highest BCUT2D eigenvalue weighted by molar-refractivity contribution is 6.44. The summed E-state index contributed by atoms with van der Waals surface area (Å²) in [7, 11) is 0. The molecule has 3 aromatic rings. The van der Waals surface area contributed by atoms with Crippen LogP contribution in [-0.2, 0) is 9.53 Å². The molecule has 0 saturated heterocycles. The second-order valence-corrected chi connectivity index (χ2v) is 6.48. The molecule has 2 aromatic carbocycles. The molecule has 1 amide bonds. The van der Waals surface area contributed by atoms with Crippen LogP contribution in [0.2, 0.25) is 10.0 Å². The van der Waals surface area contributed by atoms with Crippen molar-refractivity contribution in [3.63, 3.8) is 0 Å². The van der Waals surface area contributed by atoms with Crippen molar-refractivity contribution in [3.05, 3.63) is 63.8 Å². The minimum atomic E-state index is -1.05. The van der Waals surface area contributed by atoms with Gasteiger partial charge in [-0.25, -0.2) is 4.79 Å². The second-order valence-electron chi connectivity index (χ2n) is 5.69. The summed E-state index contributed by atoms with van der Waals surface area (Å²) in [6.07, 6.45) is -1.05. The summed E-state index contributed by atoms with van der Waals surface area (Å²) in [5, 5.41) is 3.94. The molecule has 26 heavy (non-hydrogen) atoms. The van der Waals surface area contributed by atoms with Crippen LogP contribution in [0, 0.1) is 6.92 Å². The van der Waals surface area contributed by atoms with Gasteiger partial charge in [-0.15, -0.1) is 0 Å². The predicted molar refractivity (Wildman–Crippen MR) is 101 cm³/mol. The molecule has 0 radical (unpaired) electrons. The number of rotatable bonds is 4. The first-order chi connectivity index (χ1) is 12.4. The van der Waals surface area contributed by atoms with Crippen LogP contribution in [0.25, 0.3) is 11.0 Å². The molecule has 0 spiro atoms. The van der Waals surface area contributed by atoms with Gasteiger partial charge in [-0.05, 0) is 32.0 Å². The van der Waals surface area contributed by atoms with Crippen molar-refractivity contribution in [3.8, 4) is 0 Å². The summed E-state index contributed by atoms with van der Waals surface area (Å²) in [5.74, 6) is -1.17. The van der Waals surface area contributed by atoms with E-state index in [0.717, 1.165) is 5.39 Å². The zero-order valence-corrected chi connectivity index (χ0v) is 15.5. The molecule has 0 fully saturated rings. The molecule has 0 aliphatic carbocycles. The zero-order chi connectivity index (χ0) is 18.8. The van der Waals surface area contributed by atoms with Crippen LogP contribution in [0.1, 0.15) is 23.0 Å². The lowest BCUT2D eigenvalue weighted by Crippen LogP contribution is -2.30. The molecule has 1 aromatic heterocycles. The maximum Gasteiger partial charge on any atom is 0.375 e. The Bertz CT molecular complexity index is 996. The number of amides is 1. The number of anilines is 1. The highest BCUT2D eigenvalue weighted by Crippen LogP contribution is 2.30. The molecule has 0 aliphatic heterocycles. The Balaban J connectivity index is 1.73. The smallest absolute Gasteiger partial charge is 0.375 e. The molecule has 1 atom stereocenters. The number of hydrogen-bond donors (Lipinski definition) is 1. The highest BCUT2D eigenvalue weighted by atomic mass is 35.5. The van der Waals surface area contributed by atoms with Crippen molar-refractivity contribution in [2.24, 2.45) is 0 Å². The highest BCUT2D eigenvalue weighted by Gasteiger charge is 2.24. The molecule has 0 bridgehead atoms. The van der Waals surface area contributed by atoms with Crippen molar-refractivity contribution in [1.82, 2.24) is 0 Å². The monoisotopic (exact) mass is 391 g/mol. The summed E-state index contributed by atoms with van der Waals surface area (Å²) in [4.78, 5) is 24.7. The van der Waals surface area contributed by atoms with Crippen LogP contribution in [-0.4, -0.2) is 18.0 Å². The molecule has 5 nitrogen and oxygen atoms in total. The number of esters is 1. The van der Waals surface area contributed by atoms with E-state index in [1.165, 1.54) is 6.92 Å². The molecule has 134 valence electrons. The van der Waals surface area contributed by atoms with Crippen LogP contribution < -0.4 is 5.32 Å². The lowest BCUT2D eigenvalue weighted by atomic mass is 10.1. The molecule has 0 saturated carbocycles. The van der Waals surface area contributed by atoms with Gasteiger partial charge in [0.2, 0.25) is 5.76 Å². The van der Waals surface area contributed by atoms with Gasteiger partial charge in [-0.1, -0.05) is 47.5 Å². The first kappa shape index (κ1) is 18.3. The number of carbonyl (C=O) groups is 2. The molecular weight excluding hydrogens is 377 g/mol. The van der Waals surface area contributed by atoms with Crippen molar-refractivity contribution < 1.29 is 18.7 Å². The summed E-state index contributed by atoms with van der Waals surface area (Å²) in [6, 6.07) is 12.1. The Morgan fingerprint density at radius 3 is 2.58 bits per heavy atom. The molecule has 1 heterocycles. The third-order valence-corrected chi connectivity index (χ3v) is 4.71. The number of furan rings is 1. The van der Waals surface area contributed by atoms with Gasteiger partial charge < -0.3 is 14.5 Å². The normalized spacial score (nSPS) is 12.0. The first-order valence-electron chi connectivity index (χ1n) is 7.82. The van der Waals surface area contributed by atoms with Crippen LogP contribution in [0.5, 0.6) is 0 Å². The van der Waals surface area contributed by atoms with Crippen molar-refractivity contribution >= 4 is 51.7 Å². The zero-order valence-electron chi connectivity index (χ0n) is 14.0. The van der Waals surface area contributed by atoms with E-state index in [0.29, 0.717) is 21.9 Å². The Labute approximate surface area is 159 Å². The van der Waals surface area contributed by atoms with Gasteiger partial charge in [0.15, 0.2) is 6.10 Å². The van der Waals surface area contributed by atoms with Crippen LogP contribution in [0.3, 0.4) is 0 Å². The molecule has 7 heteroatoms. The third-order valence-electron chi connectivity index (χ3n) is 3.89. The van der Waals surface area contributed by atoms with Gasteiger partial charge in [-0.3, -0.25) is 4.79 Å². The fourth-order valence-electron chi connectivity index (χ4n) is 2.47. The number of nitrogens with one attached hydrogen (secondary N) is 1. The molecule has 1 unspecified atom stereocenters. The molecule has 1 N–H and O–H groups in total. The van der Waals surface area contributed by atoms with Crippen LogP contribution in [0.4, 0.5) is 5.69 Å². The molecule has 3 rings (SSSR count). The average molecular weight is 392 g/mol. The van der Waals surface area contributed by atoms with Crippen molar-refractivity contribution in [2.75, 3.05) is 5.32 Å². The fourth-order valence-corrected chi connectivity index (χ4v) is 2.82. The summed E-state index contributed by atoms with van der Waals surface area (Å²) in [5.41, 5.74) is 1.59. The molecule has 0 aliphatic rings. The number of hydrogen-bond acceptors (Lipinski definition) is 4. The van der Waals surface area contributed by atoms with Crippen LogP contribution in [0.15, 0.2) is 46.9 Å². The Hall–Kier alpha value is -2.50. The van der Waals surface area contributed by atoms with Gasteiger partial charge in [0, 0.05) is 10.9 Å². The predicted octanol–water partition coefficient (Wildman–Crippen LogP) is 5.23. The Morgan fingerprint density at radius 2 is 1.85 bits per heavy atom. The van der Waals surface area contributed by atoms with Crippen molar-refractivity contribution in [2.45, 2.75) is 20.0 Å². The lowest BCUT2D eigenvalue weighted by molar-refractivity contribution is -0.123. The van der Waals surface area contributed by atoms with Crippen molar-refractivity contribution in [1.29, 1.82) is 0 Å². The van der Waals surface area contributed by atoms with E-state index in [1.807, 2.05) is 18.2 Å². The minimum Gasteiger partial charge on any atom is -0.449 e.